The minimum Gasteiger partial charge on any atom is -0.497 e. The van der Waals surface area contributed by atoms with Crippen LogP contribution < -0.4 is 19.3 Å². The lowest BCUT2D eigenvalue weighted by Gasteiger charge is -2.35. The first-order valence-electron chi connectivity index (χ1n) is 15.3. The van der Waals surface area contributed by atoms with Gasteiger partial charge in [-0.3, -0.25) is 19.2 Å². The van der Waals surface area contributed by atoms with Crippen LogP contribution in [0.4, 0.5) is 20.2 Å². The molecule has 4 aliphatic heterocycles. The van der Waals surface area contributed by atoms with Gasteiger partial charge in [-0.25, -0.2) is 28.6 Å². The highest BCUT2D eigenvalue weighted by Gasteiger charge is 2.73. The van der Waals surface area contributed by atoms with E-state index in [0.29, 0.717) is 22.6 Å². The maximum Gasteiger partial charge on any atom is 0.253 e. The fourth-order valence-corrected chi connectivity index (χ4v) is 7.84. The van der Waals surface area contributed by atoms with Crippen LogP contribution >= 0.6 is 0 Å². The molecule has 4 aliphatic rings. The first-order chi connectivity index (χ1) is 23.2. The van der Waals surface area contributed by atoms with Gasteiger partial charge in [0, 0.05) is 0 Å². The van der Waals surface area contributed by atoms with Crippen LogP contribution in [0.5, 0.6) is 11.5 Å². The van der Waals surface area contributed by atoms with E-state index in [1.54, 1.807) is 58.5 Å². The zero-order chi connectivity index (χ0) is 33.4. The second-order valence-electron chi connectivity index (χ2n) is 12.1. The molecule has 0 N–H and O–H groups in total. The highest BCUT2D eigenvalue weighted by molar-refractivity contribution is 6.26. The first-order valence-corrected chi connectivity index (χ1v) is 15.3. The van der Waals surface area contributed by atoms with E-state index in [9.17, 15) is 28.0 Å². The third-order valence-corrected chi connectivity index (χ3v) is 9.77. The highest BCUT2D eigenvalue weighted by Crippen LogP contribution is 2.60. The molecule has 0 aromatic heterocycles. The minimum absolute atomic E-state index is 0.0873. The Morgan fingerprint density at radius 2 is 0.875 bits per heavy atom. The number of ether oxygens (including phenoxy) is 2. The molecule has 4 aromatic carbocycles. The Hall–Kier alpha value is -5.46. The van der Waals surface area contributed by atoms with Crippen LogP contribution in [0.3, 0.4) is 0 Å². The molecule has 4 amide bonds. The summed E-state index contributed by atoms with van der Waals surface area (Å²) < 4.78 is 39.5. The van der Waals surface area contributed by atoms with Crippen molar-refractivity contribution in [1.29, 1.82) is 0 Å². The first kappa shape index (κ1) is 29.9. The summed E-state index contributed by atoms with van der Waals surface area (Å²) in [5, 5.41) is 3.41. The van der Waals surface area contributed by atoms with E-state index in [0.717, 1.165) is 21.9 Å². The lowest BCUT2D eigenvalue weighted by molar-refractivity contribution is -0.136. The Labute approximate surface area is 273 Å². The van der Waals surface area contributed by atoms with Crippen molar-refractivity contribution in [2.45, 2.75) is 24.2 Å². The van der Waals surface area contributed by atoms with E-state index in [1.807, 2.05) is 0 Å². The summed E-state index contributed by atoms with van der Waals surface area (Å²) in [7, 11) is 3.04. The van der Waals surface area contributed by atoms with Gasteiger partial charge >= 0.3 is 0 Å². The van der Waals surface area contributed by atoms with Gasteiger partial charge in [-0.15, -0.1) is 0 Å². The summed E-state index contributed by atoms with van der Waals surface area (Å²) in [5.41, 5.74) is 1.39. The monoisotopic (exact) mass is 650 g/mol. The second kappa shape index (κ2) is 11.1. The van der Waals surface area contributed by atoms with Gasteiger partial charge in [-0.2, -0.15) is 0 Å². The SMILES string of the molecule is COc1ccc([C@@H]2[C@@H]3C(=O)N(c4cccc(F)c4)C(=O)[C@@H]3N3[C@H](c4ccc(OC)cc4)[C@@H]4C(=O)N(c5cccc(F)c5)C(=O)[C@H]4N23)cc1. The molecular weight excluding hydrogens is 622 g/mol. The molecular formula is C36H28F2N4O6. The van der Waals surface area contributed by atoms with E-state index >= 15 is 0 Å². The van der Waals surface area contributed by atoms with Crippen molar-refractivity contribution in [1.82, 2.24) is 10.0 Å². The molecule has 8 rings (SSSR count). The number of amides is 4. The number of hydrazine groups is 1. The number of imide groups is 2. The Balaban J connectivity index is 1.33. The molecule has 0 radical (unpaired) electrons. The van der Waals surface area contributed by atoms with Crippen molar-refractivity contribution in [2.24, 2.45) is 11.8 Å². The predicted molar refractivity (Wildman–Crippen MR) is 167 cm³/mol. The summed E-state index contributed by atoms with van der Waals surface area (Å²) in [6, 6.07) is 20.4. The maximum atomic E-state index is 14.5. The topological polar surface area (TPSA) is 99.7 Å². The average Bonchev–Trinajstić information content (AvgIpc) is 3.76. The zero-order valence-electron chi connectivity index (χ0n) is 25.7. The normalized spacial score (nSPS) is 26.7. The van der Waals surface area contributed by atoms with Crippen LogP contribution in [-0.2, 0) is 19.2 Å². The molecule has 0 unspecified atom stereocenters. The molecule has 4 aromatic rings. The van der Waals surface area contributed by atoms with Crippen molar-refractivity contribution in [3.63, 3.8) is 0 Å². The van der Waals surface area contributed by atoms with Crippen LogP contribution in [0.2, 0.25) is 0 Å². The van der Waals surface area contributed by atoms with Gasteiger partial charge in [-0.1, -0.05) is 36.4 Å². The standard InChI is InChI=1S/C36H28F2N4O6/c1-47-25-13-9-19(10-14-25)29-27-31(35(45)39(33(27)43)23-7-3-5-21(37)17-23)42-30(20-11-15-26(48-2)16-12-20)28-32(41(29)42)36(46)40(34(28)44)24-8-4-6-22(38)18-24/h3-18,27-32H,1-2H3/t27-,28-,29+,30+,31-,32+/m0/s1. The zero-order valence-corrected chi connectivity index (χ0v) is 25.7. The predicted octanol–water partition coefficient (Wildman–Crippen LogP) is 4.43. The van der Waals surface area contributed by atoms with Gasteiger partial charge in [0.2, 0.25) is 11.8 Å². The van der Waals surface area contributed by atoms with Gasteiger partial charge in [0.15, 0.2) is 0 Å². The van der Waals surface area contributed by atoms with Crippen molar-refractivity contribution >= 4 is 35.0 Å². The molecule has 0 saturated carbocycles. The fraction of sp³-hybridized carbons (Fsp3) is 0.222. The third-order valence-electron chi connectivity index (χ3n) is 9.77. The second-order valence-corrected chi connectivity index (χ2v) is 12.1. The number of methoxy groups -OCH3 is 2. The minimum atomic E-state index is -1.13. The number of benzene rings is 4. The van der Waals surface area contributed by atoms with Gasteiger partial charge < -0.3 is 9.47 Å². The van der Waals surface area contributed by atoms with Crippen LogP contribution in [-0.4, -0.2) is 59.9 Å². The Morgan fingerprint density at radius 1 is 0.500 bits per heavy atom. The van der Waals surface area contributed by atoms with Crippen LogP contribution in [0.15, 0.2) is 97.1 Å². The Bertz CT molecular complexity index is 1850. The maximum absolute atomic E-state index is 14.5. The molecule has 48 heavy (non-hydrogen) atoms. The molecule has 0 spiro atoms. The summed E-state index contributed by atoms with van der Waals surface area (Å²) in [6.45, 7) is 0. The van der Waals surface area contributed by atoms with Crippen molar-refractivity contribution in [2.75, 3.05) is 24.0 Å². The molecule has 10 nitrogen and oxygen atoms in total. The lowest BCUT2D eigenvalue weighted by Crippen LogP contribution is -2.50. The van der Waals surface area contributed by atoms with E-state index in [1.165, 1.54) is 50.6 Å². The Kier molecular flexibility index (Phi) is 6.90. The van der Waals surface area contributed by atoms with Crippen LogP contribution in [0.1, 0.15) is 23.2 Å². The largest absolute Gasteiger partial charge is 0.497 e. The van der Waals surface area contributed by atoms with Crippen LogP contribution in [0, 0.1) is 23.5 Å². The number of fused-ring (bicyclic) bond motifs is 5. The number of nitrogens with zero attached hydrogens (tertiary/aromatic N) is 4. The molecule has 4 saturated heterocycles. The number of carbonyl (C=O) groups excluding carboxylic acids is 4. The van der Waals surface area contributed by atoms with Crippen LogP contribution in [0.25, 0.3) is 0 Å². The van der Waals surface area contributed by atoms with Crippen molar-refractivity contribution < 1.29 is 37.4 Å². The lowest BCUT2D eigenvalue weighted by atomic mass is 9.84. The van der Waals surface area contributed by atoms with Gasteiger partial charge in [-0.05, 0) is 71.8 Å². The number of hydrogen-bond acceptors (Lipinski definition) is 8. The molecule has 6 atom stereocenters. The van der Waals surface area contributed by atoms with Gasteiger partial charge in [0.25, 0.3) is 11.8 Å². The quantitative estimate of drug-likeness (QED) is 0.283. The summed E-state index contributed by atoms with van der Waals surface area (Å²) >= 11 is 0. The summed E-state index contributed by atoms with van der Waals surface area (Å²) in [6.07, 6.45) is 0. The van der Waals surface area contributed by atoms with Crippen molar-refractivity contribution in [3.05, 3.63) is 120 Å². The molecule has 242 valence electrons. The highest BCUT2D eigenvalue weighted by atomic mass is 19.1. The molecule has 12 heteroatoms. The average molecular weight is 651 g/mol. The summed E-state index contributed by atoms with van der Waals surface area (Å²) in [5.74, 6) is -4.49. The molecule has 0 aliphatic carbocycles. The van der Waals surface area contributed by atoms with Crippen molar-refractivity contribution in [3.8, 4) is 11.5 Å². The number of halogens is 2. The van der Waals surface area contributed by atoms with Gasteiger partial charge in [0.05, 0.1) is 49.5 Å². The molecule has 4 fully saturated rings. The van der Waals surface area contributed by atoms with E-state index in [2.05, 4.69) is 0 Å². The van der Waals surface area contributed by atoms with Gasteiger partial charge in [0.1, 0.15) is 35.2 Å². The summed E-state index contributed by atoms with van der Waals surface area (Å²) in [4.78, 5) is 59.8. The number of rotatable bonds is 6. The van der Waals surface area contributed by atoms with E-state index < -0.39 is 71.3 Å². The number of anilines is 2. The number of hydrogen-bond donors (Lipinski definition) is 0. The Morgan fingerprint density at radius 3 is 1.21 bits per heavy atom. The third kappa shape index (κ3) is 4.22. The fourth-order valence-electron chi connectivity index (χ4n) is 7.84. The van der Waals surface area contributed by atoms with E-state index in [4.69, 9.17) is 9.47 Å². The number of carbonyl (C=O) groups is 4. The van der Waals surface area contributed by atoms with E-state index in [-0.39, 0.29) is 11.4 Å². The molecule has 4 heterocycles. The smallest absolute Gasteiger partial charge is 0.253 e. The molecule has 0 bridgehead atoms.